The van der Waals surface area contributed by atoms with E-state index < -0.39 is 0 Å². The predicted molar refractivity (Wildman–Crippen MR) is 77.1 cm³/mol. The summed E-state index contributed by atoms with van der Waals surface area (Å²) in [5.41, 5.74) is 0.773. The van der Waals surface area contributed by atoms with E-state index in [-0.39, 0.29) is 5.78 Å². The molecule has 1 heterocycles. The maximum absolute atomic E-state index is 11.8. The summed E-state index contributed by atoms with van der Waals surface area (Å²) in [6.45, 7) is 1.88. The van der Waals surface area contributed by atoms with Crippen molar-refractivity contribution in [3.63, 3.8) is 0 Å². The van der Waals surface area contributed by atoms with Crippen molar-refractivity contribution in [3.8, 4) is 0 Å². The molecule has 92 valence electrons. The zero-order valence-corrected chi connectivity index (χ0v) is 12.3. The Bertz CT molecular complexity index is 554. The van der Waals surface area contributed by atoms with E-state index in [0.29, 0.717) is 6.42 Å². The molecule has 0 bridgehead atoms. The Morgan fingerprint density at radius 2 is 2.06 bits per heavy atom. The number of hydrogen-bond donors (Lipinski definition) is 0. The molecule has 4 heteroatoms. The van der Waals surface area contributed by atoms with Crippen LogP contribution in [0.25, 0.3) is 0 Å². The van der Waals surface area contributed by atoms with Crippen LogP contribution >= 0.6 is 27.7 Å². The summed E-state index contributed by atoms with van der Waals surface area (Å²) in [4.78, 5) is 17.1. The average molecular weight is 322 g/mol. The lowest BCUT2D eigenvalue weighted by Crippen LogP contribution is -1.98. The smallest absolute Gasteiger partial charge is 0.163 e. The molecule has 0 spiro atoms. The Morgan fingerprint density at radius 3 is 2.72 bits per heavy atom. The van der Waals surface area contributed by atoms with E-state index in [9.17, 15) is 4.79 Å². The molecule has 0 aliphatic heterocycles. The maximum atomic E-state index is 11.8. The third kappa shape index (κ3) is 3.21. The van der Waals surface area contributed by atoms with Crippen molar-refractivity contribution < 1.29 is 4.79 Å². The lowest BCUT2D eigenvalue weighted by Gasteiger charge is -2.06. The lowest BCUT2D eigenvalue weighted by atomic mass is 10.1. The van der Waals surface area contributed by atoms with Crippen molar-refractivity contribution in [1.29, 1.82) is 0 Å². The van der Waals surface area contributed by atoms with Gasteiger partial charge >= 0.3 is 0 Å². The molecule has 0 aliphatic rings. The van der Waals surface area contributed by atoms with Crippen LogP contribution in [0.4, 0.5) is 0 Å². The Labute approximate surface area is 119 Å². The molecule has 2 aromatic rings. The molecule has 0 unspecified atom stereocenters. The second-order valence-corrected chi connectivity index (χ2v) is 5.67. The molecule has 0 atom stereocenters. The fourth-order valence-corrected chi connectivity index (χ4v) is 2.65. The number of benzene rings is 1. The first-order valence-corrected chi connectivity index (χ1v) is 7.23. The Kier molecular flexibility index (Phi) is 4.55. The van der Waals surface area contributed by atoms with E-state index in [1.807, 2.05) is 43.3 Å². The lowest BCUT2D eigenvalue weighted by molar-refractivity contribution is 0.0985. The number of carbonyl (C=O) groups is 1. The molecule has 0 fully saturated rings. The number of pyridine rings is 1. The van der Waals surface area contributed by atoms with E-state index in [4.69, 9.17) is 0 Å². The summed E-state index contributed by atoms with van der Waals surface area (Å²) < 4.78 is 0.949. The van der Waals surface area contributed by atoms with Crippen molar-refractivity contribution in [2.45, 2.75) is 23.3 Å². The standard InChI is InChI=1S/C14H12BrNOS/c1-2-12(17)11-5-3-4-6-13(11)18-14-8-7-10(15)9-16-14/h3-9H,2H2,1H3. The molecule has 0 radical (unpaired) electrons. The number of nitrogens with zero attached hydrogens (tertiary/aromatic N) is 1. The van der Waals surface area contributed by atoms with Gasteiger partial charge in [-0.3, -0.25) is 4.79 Å². The van der Waals surface area contributed by atoms with Crippen molar-refractivity contribution in [2.24, 2.45) is 0 Å². The van der Waals surface area contributed by atoms with Gasteiger partial charge in [0.1, 0.15) is 5.03 Å². The number of carbonyl (C=O) groups excluding carboxylic acids is 1. The van der Waals surface area contributed by atoms with Crippen LogP contribution in [0.3, 0.4) is 0 Å². The van der Waals surface area contributed by atoms with Crippen molar-refractivity contribution in [1.82, 2.24) is 4.98 Å². The normalized spacial score (nSPS) is 10.3. The van der Waals surface area contributed by atoms with Crippen LogP contribution in [0.2, 0.25) is 0 Å². The Morgan fingerprint density at radius 1 is 1.28 bits per heavy atom. The van der Waals surface area contributed by atoms with Crippen LogP contribution in [0.1, 0.15) is 23.7 Å². The summed E-state index contributed by atoms with van der Waals surface area (Å²) in [5, 5.41) is 0.884. The highest BCUT2D eigenvalue weighted by Crippen LogP contribution is 2.30. The molecule has 1 aromatic heterocycles. The molecule has 0 amide bonds. The zero-order valence-electron chi connectivity index (χ0n) is 9.89. The summed E-state index contributed by atoms with van der Waals surface area (Å²) in [7, 11) is 0. The third-order valence-corrected chi connectivity index (χ3v) is 3.92. The van der Waals surface area contributed by atoms with Gasteiger partial charge in [-0.2, -0.15) is 0 Å². The highest BCUT2D eigenvalue weighted by Gasteiger charge is 2.10. The molecule has 2 rings (SSSR count). The molecule has 18 heavy (non-hydrogen) atoms. The van der Waals surface area contributed by atoms with E-state index in [1.165, 1.54) is 11.8 Å². The second-order valence-electron chi connectivity index (χ2n) is 3.69. The number of hydrogen-bond acceptors (Lipinski definition) is 3. The number of aromatic nitrogens is 1. The minimum absolute atomic E-state index is 0.162. The first-order chi connectivity index (χ1) is 8.70. The maximum Gasteiger partial charge on any atom is 0.163 e. The molecule has 0 aliphatic carbocycles. The van der Waals surface area contributed by atoms with Gasteiger partial charge in [0, 0.05) is 27.5 Å². The monoisotopic (exact) mass is 321 g/mol. The quantitative estimate of drug-likeness (QED) is 0.771. The summed E-state index contributed by atoms with van der Waals surface area (Å²) in [6, 6.07) is 11.5. The summed E-state index contributed by atoms with van der Waals surface area (Å²) >= 11 is 4.87. The minimum atomic E-state index is 0.162. The summed E-state index contributed by atoms with van der Waals surface area (Å²) in [6.07, 6.45) is 2.28. The molecule has 0 N–H and O–H groups in total. The molecule has 0 saturated heterocycles. The van der Waals surface area contributed by atoms with E-state index in [0.717, 1.165) is 20.0 Å². The molecular weight excluding hydrogens is 310 g/mol. The van der Waals surface area contributed by atoms with Crippen LogP contribution in [-0.4, -0.2) is 10.8 Å². The van der Waals surface area contributed by atoms with Crippen LogP contribution < -0.4 is 0 Å². The third-order valence-electron chi connectivity index (χ3n) is 2.42. The Hall–Kier alpha value is -1.13. The Balaban J connectivity index is 2.28. The van der Waals surface area contributed by atoms with Crippen molar-refractivity contribution >= 4 is 33.5 Å². The van der Waals surface area contributed by atoms with Crippen LogP contribution in [0.15, 0.2) is 57.0 Å². The van der Waals surface area contributed by atoms with Gasteiger partial charge in [0.2, 0.25) is 0 Å². The van der Waals surface area contributed by atoms with Gasteiger partial charge in [0.25, 0.3) is 0 Å². The van der Waals surface area contributed by atoms with Gasteiger partial charge in [0.05, 0.1) is 0 Å². The summed E-state index contributed by atoms with van der Waals surface area (Å²) in [5.74, 6) is 0.162. The average Bonchev–Trinajstić information content (AvgIpc) is 2.41. The first kappa shape index (κ1) is 13.3. The number of rotatable bonds is 4. The highest BCUT2D eigenvalue weighted by atomic mass is 79.9. The first-order valence-electron chi connectivity index (χ1n) is 5.62. The molecule has 0 saturated carbocycles. The molecular formula is C14H12BrNOS. The van der Waals surface area contributed by atoms with Gasteiger partial charge < -0.3 is 0 Å². The van der Waals surface area contributed by atoms with Gasteiger partial charge in [-0.25, -0.2) is 4.98 Å². The van der Waals surface area contributed by atoms with Gasteiger partial charge in [-0.15, -0.1) is 0 Å². The fourth-order valence-electron chi connectivity index (χ4n) is 1.51. The van der Waals surface area contributed by atoms with E-state index >= 15 is 0 Å². The number of halogens is 1. The molecule has 1 aromatic carbocycles. The van der Waals surface area contributed by atoms with Gasteiger partial charge in [-0.05, 0) is 34.1 Å². The van der Waals surface area contributed by atoms with Crippen LogP contribution in [0.5, 0.6) is 0 Å². The minimum Gasteiger partial charge on any atom is -0.294 e. The second kappa shape index (κ2) is 6.16. The zero-order chi connectivity index (χ0) is 13.0. The number of Topliss-reactive ketones (excluding diaryl/α,β-unsaturated/α-hetero) is 1. The molecule has 2 nitrogen and oxygen atoms in total. The van der Waals surface area contributed by atoms with E-state index in [1.54, 1.807) is 6.20 Å². The van der Waals surface area contributed by atoms with Crippen LogP contribution in [0, 0.1) is 0 Å². The van der Waals surface area contributed by atoms with Crippen LogP contribution in [-0.2, 0) is 0 Å². The fraction of sp³-hybridized carbons (Fsp3) is 0.143. The SMILES string of the molecule is CCC(=O)c1ccccc1Sc1ccc(Br)cn1. The van der Waals surface area contributed by atoms with Crippen molar-refractivity contribution in [3.05, 3.63) is 52.6 Å². The van der Waals surface area contributed by atoms with E-state index in [2.05, 4.69) is 20.9 Å². The van der Waals surface area contributed by atoms with Crippen molar-refractivity contribution in [2.75, 3.05) is 0 Å². The topological polar surface area (TPSA) is 30.0 Å². The predicted octanol–water partition coefficient (Wildman–Crippen LogP) is 4.59. The highest BCUT2D eigenvalue weighted by molar-refractivity contribution is 9.10. The van der Waals surface area contributed by atoms with Gasteiger partial charge in [0.15, 0.2) is 5.78 Å². The number of ketones is 1. The van der Waals surface area contributed by atoms with Gasteiger partial charge in [-0.1, -0.05) is 36.9 Å². The largest absolute Gasteiger partial charge is 0.294 e.